The number of allylic oxidation sites excluding steroid dienone is 1. The molecule has 0 nitrogen and oxygen atoms in total. The average Bonchev–Trinajstić information content (AvgIpc) is 1.85. The van der Waals surface area contributed by atoms with Crippen LogP contribution in [0.15, 0.2) is 12.2 Å². The molecule has 0 saturated heterocycles. The molecule has 0 fully saturated rings. The minimum absolute atomic E-state index is 0.817. The van der Waals surface area contributed by atoms with Crippen molar-refractivity contribution in [2.75, 3.05) is 4.43 Å². The maximum atomic E-state index is 3.93. The van der Waals surface area contributed by atoms with Gasteiger partial charge in [0.15, 0.2) is 0 Å². The fourth-order valence-electron chi connectivity index (χ4n) is 1.43. The number of alkyl halides is 1. The highest BCUT2D eigenvalue weighted by Crippen LogP contribution is 2.19. The van der Waals surface area contributed by atoms with Crippen LogP contribution in [0.25, 0.3) is 0 Å². The summed E-state index contributed by atoms with van der Waals surface area (Å²) in [6.45, 7) is 10.7. The Kier molecular flexibility index (Phi) is 6.30. The molecule has 0 saturated carbocycles. The molecule has 0 radical (unpaired) electrons. The van der Waals surface area contributed by atoms with Crippen molar-refractivity contribution in [3.8, 4) is 0 Å². The number of rotatable bonds is 5. The van der Waals surface area contributed by atoms with Crippen molar-refractivity contribution < 1.29 is 0 Å². The summed E-state index contributed by atoms with van der Waals surface area (Å²) in [6, 6.07) is 0. The first kappa shape index (κ1) is 11.5. The molecule has 2 atom stereocenters. The standard InChI is InChI=1S/C10H19I/c1-8(2)5-9(3)6-10(4)7-11/h9-10H,1,5-7H2,2-4H3/t9-,10-/m1/s1. The Morgan fingerprint density at radius 2 is 1.91 bits per heavy atom. The van der Waals surface area contributed by atoms with E-state index in [0.717, 1.165) is 11.8 Å². The summed E-state index contributed by atoms with van der Waals surface area (Å²) < 4.78 is 1.28. The molecule has 66 valence electrons. The highest BCUT2D eigenvalue weighted by molar-refractivity contribution is 14.1. The quantitative estimate of drug-likeness (QED) is 0.400. The third kappa shape index (κ3) is 6.85. The van der Waals surface area contributed by atoms with E-state index in [0.29, 0.717) is 0 Å². The van der Waals surface area contributed by atoms with Crippen molar-refractivity contribution in [1.29, 1.82) is 0 Å². The van der Waals surface area contributed by atoms with E-state index in [1.54, 1.807) is 0 Å². The van der Waals surface area contributed by atoms with Crippen molar-refractivity contribution in [2.24, 2.45) is 11.8 Å². The predicted molar refractivity (Wildman–Crippen MR) is 61.3 cm³/mol. The van der Waals surface area contributed by atoms with Crippen LogP contribution < -0.4 is 0 Å². The molecule has 0 bridgehead atoms. The van der Waals surface area contributed by atoms with Crippen LogP contribution in [0, 0.1) is 11.8 Å². The van der Waals surface area contributed by atoms with E-state index >= 15 is 0 Å². The molecular formula is C10H19I. The van der Waals surface area contributed by atoms with E-state index in [1.165, 1.54) is 22.8 Å². The Labute approximate surface area is 84.6 Å². The van der Waals surface area contributed by atoms with Crippen LogP contribution in [-0.2, 0) is 0 Å². The Balaban J connectivity index is 3.51. The smallest absolute Gasteiger partial charge is 0.00211 e. The third-order valence-corrected chi connectivity index (χ3v) is 3.27. The van der Waals surface area contributed by atoms with Crippen LogP contribution in [0.2, 0.25) is 0 Å². The maximum Gasteiger partial charge on any atom is 0.00211 e. The highest BCUT2D eigenvalue weighted by atomic mass is 127. The fourth-order valence-corrected chi connectivity index (χ4v) is 1.79. The molecule has 0 aliphatic carbocycles. The van der Waals surface area contributed by atoms with Crippen LogP contribution in [0.4, 0.5) is 0 Å². The summed E-state index contributed by atoms with van der Waals surface area (Å²) in [6.07, 6.45) is 2.54. The van der Waals surface area contributed by atoms with Gasteiger partial charge in [0.05, 0.1) is 0 Å². The zero-order chi connectivity index (χ0) is 8.85. The van der Waals surface area contributed by atoms with E-state index in [9.17, 15) is 0 Å². The summed E-state index contributed by atoms with van der Waals surface area (Å²) in [5, 5.41) is 0. The molecule has 0 aromatic carbocycles. The van der Waals surface area contributed by atoms with Crippen molar-refractivity contribution in [3.05, 3.63) is 12.2 Å². The molecule has 0 aliphatic heterocycles. The number of hydrogen-bond donors (Lipinski definition) is 0. The summed E-state index contributed by atoms with van der Waals surface area (Å²) in [5.74, 6) is 1.68. The molecule has 1 heteroatoms. The van der Waals surface area contributed by atoms with Crippen molar-refractivity contribution in [2.45, 2.75) is 33.6 Å². The minimum Gasteiger partial charge on any atom is -0.100 e. The maximum absolute atomic E-state index is 3.93. The summed E-state index contributed by atoms with van der Waals surface area (Å²) in [5.41, 5.74) is 1.32. The van der Waals surface area contributed by atoms with Gasteiger partial charge in [-0.3, -0.25) is 0 Å². The molecular weight excluding hydrogens is 247 g/mol. The second kappa shape index (κ2) is 6.04. The number of halogens is 1. The van der Waals surface area contributed by atoms with E-state index in [1.807, 2.05) is 0 Å². The molecule has 0 rings (SSSR count). The van der Waals surface area contributed by atoms with Gasteiger partial charge in [0.25, 0.3) is 0 Å². The molecule has 0 aliphatic rings. The van der Waals surface area contributed by atoms with E-state index in [-0.39, 0.29) is 0 Å². The van der Waals surface area contributed by atoms with Crippen LogP contribution in [0.3, 0.4) is 0 Å². The van der Waals surface area contributed by atoms with E-state index in [4.69, 9.17) is 0 Å². The topological polar surface area (TPSA) is 0 Å². The van der Waals surface area contributed by atoms with Gasteiger partial charge in [0, 0.05) is 4.43 Å². The predicted octanol–water partition coefficient (Wildman–Crippen LogP) is 4.05. The highest BCUT2D eigenvalue weighted by Gasteiger charge is 2.06. The van der Waals surface area contributed by atoms with Crippen LogP contribution in [-0.4, -0.2) is 4.43 Å². The van der Waals surface area contributed by atoms with Gasteiger partial charge < -0.3 is 0 Å². The van der Waals surface area contributed by atoms with Crippen LogP contribution in [0.5, 0.6) is 0 Å². The largest absolute Gasteiger partial charge is 0.100 e. The molecule has 0 amide bonds. The second-order valence-corrected chi connectivity index (χ2v) is 4.64. The van der Waals surface area contributed by atoms with Gasteiger partial charge in [-0.05, 0) is 31.6 Å². The van der Waals surface area contributed by atoms with Gasteiger partial charge in [-0.1, -0.05) is 42.0 Å². The Hall–Kier alpha value is 0.470. The summed E-state index contributed by atoms with van der Waals surface area (Å²) in [4.78, 5) is 0. The lowest BCUT2D eigenvalue weighted by atomic mass is 9.94. The van der Waals surface area contributed by atoms with Gasteiger partial charge in [0.2, 0.25) is 0 Å². The van der Waals surface area contributed by atoms with E-state index < -0.39 is 0 Å². The third-order valence-electron chi connectivity index (χ3n) is 1.77. The van der Waals surface area contributed by atoms with Crippen molar-refractivity contribution >= 4 is 22.6 Å². The lowest BCUT2D eigenvalue weighted by Crippen LogP contribution is -2.04. The zero-order valence-corrected chi connectivity index (χ0v) is 10.0. The van der Waals surface area contributed by atoms with Crippen LogP contribution in [0.1, 0.15) is 33.6 Å². The Morgan fingerprint density at radius 1 is 1.36 bits per heavy atom. The van der Waals surface area contributed by atoms with Crippen molar-refractivity contribution in [3.63, 3.8) is 0 Å². The molecule has 0 heterocycles. The van der Waals surface area contributed by atoms with Gasteiger partial charge in [0.1, 0.15) is 0 Å². The monoisotopic (exact) mass is 266 g/mol. The van der Waals surface area contributed by atoms with Crippen molar-refractivity contribution in [1.82, 2.24) is 0 Å². The molecule has 0 unspecified atom stereocenters. The first-order chi connectivity index (χ1) is 5.06. The fraction of sp³-hybridized carbons (Fsp3) is 0.800. The van der Waals surface area contributed by atoms with Gasteiger partial charge in [-0.25, -0.2) is 0 Å². The Morgan fingerprint density at radius 3 is 2.27 bits per heavy atom. The molecule has 0 spiro atoms. The van der Waals surface area contributed by atoms with E-state index in [2.05, 4.69) is 49.9 Å². The second-order valence-electron chi connectivity index (χ2n) is 3.76. The molecule has 0 aromatic rings. The van der Waals surface area contributed by atoms with Gasteiger partial charge >= 0.3 is 0 Å². The first-order valence-electron chi connectivity index (χ1n) is 4.26. The molecule has 0 N–H and O–H groups in total. The molecule has 0 aromatic heterocycles. The average molecular weight is 266 g/mol. The zero-order valence-electron chi connectivity index (χ0n) is 7.86. The first-order valence-corrected chi connectivity index (χ1v) is 5.79. The van der Waals surface area contributed by atoms with Gasteiger partial charge in [-0.2, -0.15) is 0 Å². The Bertz CT molecular complexity index is 118. The van der Waals surface area contributed by atoms with Gasteiger partial charge in [-0.15, -0.1) is 6.58 Å². The minimum atomic E-state index is 0.817. The summed E-state index contributed by atoms with van der Waals surface area (Å²) >= 11 is 2.46. The lowest BCUT2D eigenvalue weighted by molar-refractivity contribution is 0.444. The SMILES string of the molecule is C=C(C)C[C@@H](C)C[C@@H](C)CI. The summed E-state index contributed by atoms with van der Waals surface area (Å²) in [7, 11) is 0. The van der Waals surface area contributed by atoms with Crippen LogP contribution >= 0.6 is 22.6 Å². The number of hydrogen-bond acceptors (Lipinski definition) is 0. The normalized spacial score (nSPS) is 16.0. The lowest BCUT2D eigenvalue weighted by Gasteiger charge is -2.14. The molecule has 11 heavy (non-hydrogen) atoms.